The topological polar surface area (TPSA) is 67.2 Å². The number of nitrogens with two attached hydrogens (primary N) is 1. The van der Waals surface area contributed by atoms with Crippen molar-refractivity contribution < 1.29 is 18.0 Å². The van der Waals surface area contributed by atoms with Crippen LogP contribution < -0.4 is 16.6 Å². The number of carbonyl (C=O) groups excluding carboxylic acids is 1. The standard InChI is InChI=1S/C14H18F3N3O/c1-13(5-2-6-13)8-19-12(21)9-3-4-11(20-18)10(7-9)14(15,16)17/h3-4,7,20H,2,5-6,8,18H2,1H3,(H,19,21). The van der Waals surface area contributed by atoms with Gasteiger partial charge in [-0.25, -0.2) is 0 Å². The van der Waals surface area contributed by atoms with Crippen LogP contribution in [-0.4, -0.2) is 12.5 Å². The molecule has 0 heterocycles. The summed E-state index contributed by atoms with van der Waals surface area (Å²) in [7, 11) is 0. The van der Waals surface area contributed by atoms with Crippen molar-refractivity contribution in [3.8, 4) is 0 Å². The maximum absolute atomic E-state index is 12.9. The lowest BCUT2D eigenvalue weighted by atomic mass is 9.70. The van der Waals surface area contributed by atoms with Crippen molar-refractivity contribution in [2.45, 2.75) is 32.4 Å². The van der Waals surface area contributed by atoms with Crippen molar-refractivity contribution in [3.05, 3.63) is 29.3 Å². The van der Waals surface area contributed by atoms with Crippen LogP contribution in [0.15, 0.2) is 18.2 Å². The molecule has 0 aromatic heterocycles. The molecular formula is C14H18F3N3O. The van der Waals surface area contributed by atoms with E-state index < -0.39 is 17.6 Å². The molecule has 116 valence electrons. The molecule has 1 aromatic carbocycles. The fourth-order valence-corrected chi connectivity index (χ4v) is 2.40. The minimum Gasteiger partial charge on any atom is -0.351 e. The molecule has 1 aromatic rings. The molecule has 21 heavy (non-hydrogen) atoms. The molecule has 1 fully saturated rings. The highest BCUT2D eigenvalue weighted by Crippen LogP contribution is 2.39. The number of carbonyl (C=O) groups is 1. The molecule has 0 atom stereocenters. The first-order valence-electron chi connectivity index (χ1n) is 6.71. The molecule has 4 nitrogen and oxygen atoms in total. The summed E-state index contributed by atoms with van der Waals surface area (Å²) in [6.45, 7) is 2.53. The Bertz CT molecular complexity index is 539. The first-order chi connectivity index (χ1) is 9.75. The molecule has 0 spiro atoms. The molecule has 0 unspecified atom stereocenters. The van der Waals surface area contributed by atoms with Crippen LogP contribution in [0.2, 0.25) is 0 Å². The van der Waals surface area contributed by atoms with Crippen LogP contribution in [0.3, 0.4) is 0 Å². The van der Waals surface area contributed by atoms with Crippen LogP contribution in [0, 0.1) is 5.41 Å². The normalized spacial score (nSPS) is 17.0. The van der Waals surface area contributed by atoms with Crippen molar-refractivity contribution >= 4 is 11.6 Å². The first-order valence-corrected chi connectivity index (χ1v) is 6.71. The summed E-state index contributed by atoms with van der Waals surface area (Å²) in [5.41, 5.74) is 0.827. The largest absolute Gasteiger partial charge is 0.418 e. The van der Waals surface area contributed by atoms with Gasteiger partial charge in [0.05, 0.1) is 11.3 Å². The number of anilines is 1. The van der Waals surface area contributed by atoms with E-state index in [1.54, 1.807) is 0 Å². The molecule has 0 aliphatic heterocycles. The number of hydrogen-bond donors (Lipinski definition) is 3. The second kappa shape index (κ2) is 5.55. The summed E-state index contributed by atoms with van der Waals surface area (Å²) in [5, 5.41) is 2.70. The van der Waals surface area contributed by atoms with Gasteiger partial charge in [-0.15, -0.1) is 0 Å². The van der Waals surface area contributed by atoms with E-state index in [0.29, 0.717) is 6.54 Å². The number of hydrazine groups is 1. The molecule has 1 aliphatic carbocycles. The predicted octanol–water partition coefficient (Wildman–Crippen LogP) is 2.91. The fourth-order valence-electron chi connectivity index (χ4n) is 2.40. The number of amides is 1. The minimum atomic E-state index is -4.57. The van der Waals surface area contributed by atoms with E-state index in [4.69, 9.17) is 5.84 Å². The van der Waals surface area contributed by atoms with Gasteiger partial charge in [-0.2, -0.15) is 13.2 Å². The van der Waals surface area contributed by atoms with Crippen LogP contribution in [0.5, 0.6) is 0 Å². The molecule has 1 amide bonds. The van der Waals surface area contributed by atoms with E-state index in [-0.39, 0.29) is 16.7 Å². The summed E-state index contributed by atoms with van der Waals surface area (Å²) in [6, 6.07) is 3.29. The molecule has 1 aliphatic rings. The highest BCUT2D eigenvalue weighted by molar-refractivity contribution is 5.95. The lowest BCUT2D eigenvalue weighted by Crippen LogP contribution is -2.40. The van der Waals surface area contributed by atoms with Crippen LogP contribution in [0.1, 0.15) is 42.1 Å². The molecule has 4 N–H and O–H groups in total. The van der Waals surface area contributed by atoms with Gasteiger partial charge in [0.2, 0.25) is 0 Å². The molecule has 0 bridgehead atoms. The van der Waals surface area contributed by atoms with Gasteiger partial charge in [0, 0.05) is 12.1 Å². The summed E-state index contributed by atoms with van der Waals surface area (Å²) in [6.07, 6.45) is -1.40. The highest BCUT2D eigenvalue weighted by atomic mass is 19.4. The van der Waals surface area contributed by atoms with Crippen LogP contribution >= 0.6 is 0 Å². The molecule has 0 radical (unpaired) electrons. The van der Waals surface area contributed by atoms with Gasteiger partial charge in [0.15, 0.2) is 0 Å². The van der Waals surface area contributed by atoms with E-state index in [0.717, 1.165) is 31.4 Å². The van der Waals surface area contributed by atoms with Crippen molar-refractivity contribution in [2.75, 3.05) is 12.0 Å². The van der Waals surface area contributed by atoms with Gasteiger partial charge >= 0.3 is 6.18 Å². The Hall–Kier alpha value is -1.76. The zero-order valence-electron chi connectivity index (χ0n) is 11.7. The Morgan fingerprint density at radius 3 is 2.52 bits per heavy atom. The minimum absolute atomic E-state index is 0.0238. The highest BCUT2D eigenvalue weighted by Gasteiger charge is 2.35. The number of nitrogens with one attached hydrogen (secondary N) is 2. The number of alkyl halides is 3. The number of hydrogen-bond acceptors (Lipinski definition) is 3. The van der Waals surface area contributed by atoms with Crippen molar-refractivity contribution in [1.29, 1.82) is 0 Å². The summed E-state index contributed by atoms with van der Waals surface area (Å²) >= 11 is 0. The smallest absolute Gasteiger partial charge is 0.351 e. The lowest BCUT2D eigenvalue weighted by molar-refractivity contribution is -0.137. The number of nitrogen functional groups attached to an aromatic ring is 1. The van der Waals surface area contributed by atoms with E-state index >= 15 is 0 Å². The molecule has 0 saturated heterocycles. The molecular weight excluding hydrogens is 283 g/mol. The molecule has 2 rings (SSSR count). The Morgan fingerprint density at radius 1 is 1.38 bits per heavy atom. The predicted molar refractivity (Wildman–Crippen MR) is 73.5 cm³/mol. The van der Waals surface area contributed by atoms with Crippen LogP contribution in [0.4, 0.5) is 18.9 Å². The Kier molecular flexibility index (Phi) is 4.13. The molecule has 7 heteroatoms. The van der Waals surface area contributed by atoms with Gasteiger partial charge in [0.25, 0.3) is 5.91 Å². The Morgan fingerprint density at radius 2 is 2.05 bits per heavy atom. The maximum Gasteiger partial charge on any atom is 0.418 e. The number of halogens is 3. The average molecular weight is 301 g/mol. The first kappa shape index (κ1) is 15.6. The van der Waals surface area contributed by atoms with Gasteiger partial charge < -0.3 is 10.7 Å². The third kappa shape index (κ3) is 3.47. The van der Waals surface area contributed by atoms with Crippen molar-refractivity contribution in [3.63, 3.8) is 0 Å². The summed E-state index contributed by atoms with van der Waals surface area (Å²) in [4.78, 5) is 12.0. The third-order valence-corrected chi connectivity index (χ3v) is 3.98. The van der Waals surface area contributed by atoms with E-state index in [1.165, 1.54) is 6.07 Å². The van der Waals surface area contributed by atoms with Crippen LogP contribution in [-0.2, 0) is 6.18 Å². The zero-order valence-corrected chi connectivity index (χ0v) is 11.7. The SMILES string of the molecule is CC1(CNC(=O)c2ccc(NN)c(C(F)(F)F)c2)CCC1. The maximum atomic E-state index is 12.9. The van der Waals surface area contributed by atoms with Gasteiger partial charge in [0.1, 0.15) is 0 Å². The Balaban J connectivity index is 2.14. The van der Waals surface area contributed by atoms with E-state index in [9.17, 15) is 18.0 Å². The lowest BCUT2D eigenvalue weighted by Gasteiger charge is -2.38. The summed E-state index contributed by atoms with van der Waals surface area (Å²) < 4.78 is 38.7. The van der Waals surface area contributed by atoms with Gasteiger partial charge in [-0.05, 0) is 36.5 Å². The second-order valence-electron chi connectivity index (χ2n) is 5.75. The number of benzene rings is 1. The quantitative estimate of drug-likeness (QED) is 0.592. The monoisotopic (exact) mass is 301 g/mol. The van der Waals surface area contributed by atoms with E-state index in [2.05, 4.69) is 12.2 Å². The summed E-state index contributed by atoms with van der Waals surface area (Å²) in [5.74, 6) is 4.56. The Labute approximate surface area is 120 Å². The third-order valence-electron chi connectivity index (χ3n) is 3.98. The van der Waals surface area contributed by atoms with Gasteiger partial charge in [-0.1, -0.05) is 13.3 Å². The van der Waals surface area contributed by atoms with Crippen molar-refractivity contribution in [2.24, 2.45) is 11.3 Å². The molecule has 1 saturated carbocycles. The second-order valence-corrected chi connectivity index (χ2v) is 5.75. The van der Waals surface area contributed by atoms with Crippen molar-refractivity contribution in [1.82, 2.24) is 5.32 Å². The fraction of sp³-hybridized carbons (Fsp3) is 0.500. The van der Waals surface area contributed by atoms with E-state index in [1.807, 2.05) is 5.43 Å². The van der Waals surface area contributed by atoms with Gasteiger partial charge in [-0.3, -0.25) is 10.6 Å². The zero-order chi connectivity index (χ0) is 15.7. The number of rotatable bonds is 4. The van der Waals surface area contributed by atoms with Crippen LogP contribution in [0.25, 0.3) is 0 Å². The average Bonchev–Trinajstić information content (AvgIpc) is 2.41.